The first-order valence-corrected chi connectivity index (χ1v) is 6.01. The van der Waals surface area contributed by atoms with Gasteiger partial charge in [-0.25, -0.2) is 13.8 Å². The molecule has 3 N–H and O–H groups in total. The van der Waals surface area contributed by atoms with Gasteiger partial charge in [-0.1, -0.05) is 5.16 Å². The molecule has 1 aromatic heterocycles. The topological polar surface area (TPSA) is 80.7 Å². The summed E-state index contributed by atoms with van der Waals surface area (Å²) in [7, 11) is 0. The van der Waals surface area contributed by atoms with Crippen molar-refractivity contribution in [3.05, 3.63) is 52.7 Å². The van der Waals surface area contributed by atoms with Crippen LogP contribution in [0.1, 0.15) is 16.8 Å². The number of hydrogen-bond donors (Lipinski definition) is 2. The lowest BCUT2D eigenvalue weighted by atomic mass is 10.1. The van der Waals surface area contributed by atoms with E-state index in [1.165, 1.54) is 0 Å². The molecule has 0 unspecified atom stereocenters. The molecule has 0 fully saturated rings. The summed E-state index contributed by atoms with van der Waals surface area (Å²) in [4.78, 5) is 4.11. The molecule has 7 heteroatoms. The zero-order valence-electron chi connectivity index (χ0n) is 11.4. The molecule has 1 aromatic carbocycles. The second-order valence-electron chi connectivity index (χ2n) is 4.42. The van der Waals surface area contributed by atoms with Crippen molar-refractivity contribution in [2.24, 2.45) is 10.9 Å². The molecule has 5 nitrogen and oxygen atoms in total. The first-order valence-electron chi connectivity index (χ1n) is 6.01. The highest BCUT2D eigenvalue weighted by atomic mass is 19.1. The Balaban J connectivity index is 2.53. The molecule has 0 saturated heterocycles. The van der Waals surface area contributed by atoms with Crippen LogP contribution in [0.4, 0.5) is 8.78 Å². The number of aromatic nitrogens is 1. The van der Waals surface area contributed by atoms with E-state index in [2.05, 4.69) is 10.1 Å². The van der Waals surface area contributed by atoms with Gasteiger partial charge < -0.3 is 15.7 Å². The van der Waals surface area contributed by atoms with E-state index in [9.17, 15) is 8.78 Å². The molecular formula is C14H13F2N3O2. The number of aryl methyl sites for hydroxylation is 2. The van der Waals surface area contributed by atoms with Crippen molar-refractivity contribution in [1.29, 1.82) is 0 Å². The summed E-state index contributed by atoms with van der Waals surface area (Å²) in [5, 5.41) is 11.7. The van der Waals surface area contributed by atoms with E-state index in [0.717, 1.165) is 12.1 Å². The summed E-state index contributed by atoms with van der Waals surface area (Å²) >= 11 is 0. The van der Waals surface area contributed by atoms with Crippen LogP contribution in [0.25, 0.3) is 0 Å². The minimum Gasteiger partial charge on any atom is -0.435 e. The van der Waals surface area contributed by atoms with Gasteiger partial charge in [-0.3, -0.25) is 0 Å². The first kappa shape index (κ1) is 14.7. The number of pyridine rings is 1. The lowest BCUT2D eigenvalue weighted by Crippen LogP contribution is -2.17. The van der Waals surface area contributed by atoms with Crippen molar-refractivity contribution < 1.29 is 18.7 Å². The molecule has 110 valence electrons. The Morgan fingerprint density at radius 1 is 1.29 bits per heavy atom. The molecule has 0 amide bonds. The lowest BCUT2D eigenvalue weighted by Gasteiger charge is -2.13. The maximum Gasteiger partial charge on any atom is 0.231 e. The molecule has 2 aromatic rings. The van der Waals surface area contributed by atoms with Gasteiger partial charge in [-0.15, -0.1) is 0 Å². The maximum atomic E-state index is 13.6. The first-order chi connectivity index (χ1) is 9.92. The summed E-state index contributed by atoms with van der Waals surface area (Å²) in [6.07, 6.45) is 0. The summed E-state index contributed by atoms with van der Waals surface area (Å²) in [5.74, 6) is -2.03. The van der Waals surface area contributed by atoms with Crippen molar-refractivity contribution in [1.82, 2.24) is 4.98 Å². The third-order valence-electron chi connectivity index (χ3n) is 2.78. The van der Waals surface area contributed by atoms with Crippen molar-refractivity contribution in [3.63, 3.8) is 0 Å². The number of oxime groups is 1. The fourth-order valence-electron chi connectivity index (χ4n) is 1.90. The van der Waals surface area contributed by atoms with Crippen LogP contribution in [0.15, 0.2) is 29.4 Å². The number of halogens is 2. The number of amidine groups is 1. The molecule has 0 aliphatic heterocycles. The van der Waals surface area contributed by atoms with Gasteiger partial charge in [0.15, 0.2) is 17.4 Å². The van der Waals surface area contributed by atoms with E-state index in [1.807, 2.05) is 0 Å². The van der Waals surface area contributed by atoms with Crippen LogP contribution in [0.2, 0.25) is 0 Å². The average Bonchev–Trinajstić information content (AvgIpc) is 2.40. The molecule has 0 spiro atoms. The second-order valence-corrected chi connectivity index (χ2v) is 4.42. The predicted molar refractivity (Wildman–Crippen MR) is 72.7 cm³/mol. The van der Waals surface area contributed by atoms with Crippen molar-refractivity contribution in [2.45, 2.75) is 13.8 Å². The highest BCUT2D eigenvalue weighted by Crippen LogP contribution is 2.28. The van der Waals surface area contributed by atoms with Gasteiger partial charge in [0.25, 0.3) is 0 Å². The zero-order valence-corrected chi connectivity index (χ0v) is 11.4. The van der Waals surface area contributed by atoms with Gasteiger partial charge >= 0.3 is 0 Å². The van der Waals surface area contributed by atoms with Gasteiger partial charge in [-0.2, -0.15) is 0 Å². The summed E-state index contributed by atoms with van der Waals surface area (Å²) in [6.45, 7) is 3.44. The number of ether oxygens (including phenoxy) is 1. The van der Waals surface area contributed by atoms with E-state index in [4.69, 9.17) is 15.7 Å². The van der Waals surface area contributed by atoms with Gasteiger partial charge in [0.1, 0.15) is 5.82 Å². The quantitative estimate of drug-likeness (QED) is 0.394. The smallest absolute Gasteiger partial charge is 0.231 e. The summed E-state index contributed by atoms with van der Waals surface area (Å²) in [6, 6.07) is 4.60. The number of rotatable bonds is 3. The maximum absolute atomic E-state index is 13.6. The summed E-state index contributed by atoms with van der Waals surface area (Å²) in [5.41, 5.74) is 7.09. The fourth-order valence-corrected chi connectivity index (χ4v) is 1.90. The number of benzene rings is 1. The van der Waals surface area contributed by atoms with Crippen LogP contribution in [0.5, 0.6) is 11.6 Å². The molecule has 0 bridgehead atoms. The SMILES string of the molecule is Cc1cc(C)c(C(N)=NO)c(Oc2ccc(F)cc2F)n1. The average molecular weight is 293 g/mol. The Labute approximate surface area is 119 Å². The van der Waals surface area contributed by atoms with Crippen LogP contribution in [-0.2, 0) is 0 Å². The van der Waals surface area contributed by atoms with Gasteiger partial charge in [0.05, 0.1) is 5.56 Å². The molecular weight excluding hydrogens is 280 g/mol. The van der Waals surface area contributed by atoms with Gasteiger partial charge in [0, 0.05) is 11.8 Å². The van der Waals surface area contributed by atoms with Crippen molar-refractivity contribution >= 4 is 5.84 Å². The van der Waals surface area contributed by atoms with Crippen LogP contribution < -0.4 is 10.5 Å². The van der Waals surface area contributed by atoms with E-state index >= 15 is 0 Å². The monoisotopic (exact) mass is 293 g/mol. The molecule has 0 aliphatic carbocycles. The Kier molecular flexibility index (Phi) is 4.02. The van der Waals surface area contributed by atoms with Crippen molar-refractivity contribution in [3.8, 4) is 11.6 Å². The van der Waals surface area contributed by atoms with Crippen LogP contribution >= 0.6 is 0 Å². The molecule has 2 rings (SSSR count). The standard InChI is InChI=1S/C14H13F2N3O2/c1-7-5-8(2)18-14(12(7)13(17)19-20)21-11-4-3-9(15)6-10(11)16/h3-6,20H,1-2H3,(H2,17,19). The van der Waals surface area contributed by atoms with E-state index < -0.39 is 11.6 Å². The van der Waals surface area contributed by atoms with E-state index in [0.29, 0.717) is 17.3 Å². The Bertz CT molecular complexity index is 718. The van der Waals surface area contributed by atoms with E-state index in [1.54, 1.807) is 19.9 Å². The molecule has 0 radical (unpaired) electrons. The minimum atomic E-state index is -0.874. The Morgan fingerprint density at radius 3 is 2.62 bits per heavy atom. The van der Waals surface area contributed by atoms with Crippen LogP contribution in [-0.4, -0.2) is 16.0 Å². The predicted octanol–water partition coefficient (Wildman–Crippen LogP) is 2.86. The largest absolute Gasteiger partial charge is 0.435 e. The molecule has 0 aliphatic rings. The molecule has 0 atom stereocenters. The van der Waals surface area contributed by atoms with Crippen LogP contribution in [0.3, 0.4) is 0 Å². The second kappa shape index (κ2) is 5.74. The van der Waals surface area contributed by atoms with Crippen molar-refractivity contribution in [2.75, 3.05) is 0 Å². The number of hydrogen-bond acceptors (Lipinski definition) is 4. The van der Waals surface area contributed by atoms with Gasteiger partial charge in [0.2, 0.25) is 5.88 Å². The zero-order chi connectivity index (χ0) is 15.6. The number of nitrogens with zero attached hydrogens (tertiary/aromatic N) is 2. The lowest BCUT2D eigenvalue weighted by molar-refractivity contribution is 0.318. The van der Waals surface area contributed by atoms with Crippen LogP contribution in [0, 0.1) is 25.5 Å². The molecule has 0 saturated carbocycles. The highest BCUT2D eigenvalue weighted by molar-refractivity contribution is 6.00. The minimum absolute atomic E-state index is 0.0201. The number of nitrogens with two attached hydrogens (primary N) is 1. The fraction of sp³-hybridized carbons (Fsp3) is 0.143. The molecule has 21 heavy (non-hydrogen) atoms. The third-order valence-corrected chi connectivity index (χ3v) is 2.78. The summed E-state index contributed by atoms with van der Waals surface area (Å²) < 4.78 is 31.9. The third kappa shape index (κ3) is 3.07. The Morgan fingerprint density at radius 2 is 2.00 bits per heavy atom. The highest BCUT2D eigenvalue weighted by Gasteiger charge is 2.17. The normalized spacial score (nSPS) is 11.5. The van der Waals surface area contributed by atoms with Gasteiger partial charge in [-0.05, 0) is 37.6 Å². The Hall–Kier alpha value is -2.70. The van der Waals surface area contributed by atoms with E-state index in [-0.39, 0.29) is 23.0 Å². The molecule has 1 heterocycles.